The van der Waals surface area contributed by atoms with Gasteiger partial charge in [-0.1, -0.05) is 0 Å². The Morgan fingerprint density at radius 3 is 3.06 bits per heavy atom. The van der Waals surface area contributed by atoms with Crippen LogP contribution in [-0.2, 0) is 16.0 Å². The fourth-order valence-electron chi connectivity index (χ4n) is 2.16. The van der Waals surface area contributed by atoms with Crippen molar-refractivity contribution in [2.24, 2.45) is 0 Å². The highest BCUT2D eigenvalue weighted by Gasteiger charge is 2.26. The van der Waals surface area contributed by atoms with E-state index in [1.807, 2.05) is 24.1 Å². The van der Waals surface area contributed by atoms with Gasteiger partial charge in [0.2, 0.25) is 5.91 Å². The second-order valence-electron chi connectivity index (χ2n) is 4.41. The summed E-state index contributed by atoms with van der Waals surface area (Å²) in [5.74, 6) is 0.157. The Labute approximate surface area is 107 Å². The Bertz CT molecular complexity index is 381. The van der Waals surface area contributed by atoms with E-state index in [0.29, 0.717) is 26.2 Å². The first-order valence-electron chi connectivity index (χ1n) is 6.22. The van der Waals surface area contributed by atoms with Crippen LogP contribution in [0.2, 0.25) is 0 Å². The molecule has 1 aliphatic rings. The molecular weight excluding hydrogens is 230 g/mol. The number of morpholine rings is 1. The Morgan fingerprint density at radius 1 is 1.56 bits per heavy atom. The van der Waals surface area contributed by atoms with Crippen LogP contribution >= 0.6 is 0 Å². The second-order valence-corrected chi connectivity index (χ2v) is 4.41. The summed E-state index contributed by atoms with van der Waals surface area (Å²) in [7, 11) is 1.89. The first kappa shape index (κ1) is 13.0. The van der Waals surface area contributed by atoms with Crippen LogP contribution in [0, 0.1) is 0 Å². The molecule has 0 spiro atoms. The molecule has 1 aromatic heterocycles. The number of carbonyl (C=O) groups is 1. The lowest BCUT2D eigenvalue weighted by molar-refractivity contribution is -0.138. The lowest BCUT2D eigenvalue weighted by Crippen LogP contribution is -2.52. The molecule has 2 heterocycles. The summed E-state index contributed by atoms with van der Waals surface area (Å²) in [5.41, 5.74) is 1.00. The largest absolute Gasteiger partial charge is 0.377 e. The van der Waals surface area contributed by atoms with Gasteiger partial charge in [-0.2, -0.15) is 0 Å². The fraction of sp³-hybridized carbons (Fsp3) is 0.538. The number of ether oxygens (including phenoxy) is 1. The van der Waals surface area contributed by atoms with Gasteiger partial charge < -0.3 is 15.0 Å². The van der Waals surface area contributed by atoms with E-state index in [0.717, 1.165) is 12.1 Å². The number of aromatic nitrogens is 1. The molecular formula is C13H19N3O2. The number of hydrogen-bond acceptors (Lipinski definition) is 4. The Balaban J connectivity index is 1.98. The van der Waals surface area contributed by atoms with Crippen molar-refractivity contribution in [2.45, 2.75) is 12.5 Å². The molecule has 1 fully saturated rings. The van der Waals surface area contributed by atoms with Gasteiger partial charge in [0.15, 0.2) is 0 Å². The van der Waals surface area contributed by atoms with Crippen LogP contribution in [-0.4, -0.2) is 55.2 Å². The summed E-state index contributed by atoms with van der Waals surface area (Å²) in [6.45, 7) is 2.68. The second kappa shape index (κ2) is 6.47. The SMILES string of the molecule is CNCC1COCCN1C(=O)Cc1ccncc1. The van der Waals surface area contributed by atoms with E-state index >= 15 is 0 Å². The highest BCUT2D eigenvalue weighted by molar-refractivity contribution is 5.79. The number of nitrogens with one attached hydrogen (secondary N) is 1. The minimum Gasteiger partial charge on any atom is -0.377 e. The van der Waals surface area contributed by atoms with E-state index in [1.54, 1.807) is 12.4 Å². The standard InChI is InChI=1S/C13H19N3O2/c1-14-9-12-10-18-7-6-16(12)13(17)8-11-2-4-15-5-3-11/h2-5,12,14H,6-10H2,1H3. The summed E-state index contributed by atoms with van der Waals surface area (Å²) in [6.07, 6.45) is 3.86. The van der Waals surface area contributed by atoms with Crippen molar-refractivity contribution in [1.29, 1.82) is 0 Å². The third-order valence-corrected chi connectivity index (χ3v) is 3.09. The van der Waals surface area contributed by atoms with Crippen molar-refractivity contribution in [3.8, 4) is 0 Å². The van der Waals surface area contributed by atoms with Gasteiger partial charge in [-0.3, -0.25) is 9.78 Å². The van der Waals surface area contributed by atoms with E-state index in [2.05, 4.69) is 10.3 Å². The topological polar surface area (TPSA) is 54.5 Å². The molecule has 1 atom stereocenters. The summed E-state index contributed by atoms with van der Waals surface area (Å²) in [4.78, 5) is 18.1. The Morgan fingerprint density at radius 2 is 2.33 bits per heavy atom. The van der Waals surface area contributed by atoms with E-state index in [9.17, 15) is 4.79 Å². The number of amides is 1. The molecule has 5 heteroatoms. The Hall–Kier alpha value is -1.46. The zero-order valence-corrected chi connectivity index (χ0v) is 10.6. The van der Waals surface area contributed by atoms with Crippen LogP contribution in [0.15, 0.2) is 24.5 Å². The zero-order valence-electron chi connectivity index (χ0n) is 10.6. The highest BCUT2D eigenvalue weighted by atomic mass is 16.5. The van der Waals surface area contributed by atoms with Gasteiger partial charge in [0.25, 0.3) is 0 Å². The molecule has 5 nitrogen and oxygen atoms in total. The number of carbonyl (C=O) groups excluding carboxylic acids is 1. The van der Waals surface area contributed by atoms with Crippen molar-refractivity contribution in [2.75, 3.05) is 33.4 Å². The molecule has 1 aliphatic heterocycles. The van der Waals surface area contributed by atoms with Gasteiger partial charge in [0, 0.05) is 25.5 Å². The molecule has 18 heavy (non-hydrogen) atoms. The summed E-state index contributed by atoms with van der Waals surface area (Å²) in [5, 5.41) is 3.10. The Kier molecular flexibility index (Phi) is 4.66. The van der Waals surface area contributed by atoms with E-state index < -0.39 is 0 Å². The van der Waals surface area contributed by atoms with Gasteiger partial charge in [0.1, 0.15) is 0 Å². The predicted molar refractivity (Wildman–Crippen MR) is 68.2 cm³/mol. The molecule has 1 saturated heterocycles. The van der Waals surface area contributed by atoms with Gasteiger partial charge in [-0.05, 0) is 24.7 Å². The number of likely N-dealkylation sites (N-methyl/N-ethyl adjacent to an activating group) is 1. The van der Waals surface area contributed by atoms with Crippen LogP contribution in [0.3, 0.4) is 0 Å². The minimum atomic E-state index is 0.137. The quantitative estimate of drug-likeness (QED) is 0.820. The highest BCUT2D eigenvalue weighted by Crippen LogP contribution is 2.09. The van der Waals surface area contributed by atoms with Crippen molar-refractivity contribution in [3.05, 3.63) is 30.1 Å². The normalized spacial score (nSPS) is 19.8. The van der Waals surface area contributed by atoms with Crippen molar-refractivity contribution < 1.29 is 9.53 Å². The first-order valence-corrected chi connectivity index (χ1v) is 6.22. The lowest BCUT2D eigenvalue weighted by atomic mass is 10.1. The number of pyridine rings is 1. The van der Waals surface area contributed by atoms with Crippen molar-refractivity contribution in [3.63, 3.8) is 0 Å². The summed E-state index contributed by atoms with van der Waals surface area (Å²) >= 11 is 0. The predicted octanol–water partition coefficient (Wildman–Crippen LogP) is 0.0709. The molecule has 0 saturated carbocycles. The fourth-order valence-corrected chi connectivity index (χ4v) is 2.16. The molecule has 1 amide bonds. The maximum atomic E-state index is 12.3. The molecule has 1 unspecified atom stereocenters. The average Bonchev–Trinajstić information content (AvgIpc) is 2.41. The third-order valence-electron chi connectivity index (χ3n) is 3.09. The monoisotopic (exact) mass is 249 g/mol. The van der Waals surface area contributed by atoms with Gasteiger partial charge in [-0.15, -0.1) is 0 Å². The van der Waals surface area contributed by atoms with E-state index in [1.165, 1.54) is 0 Å². The van der Waals surface area contributed by atoms with Crippen LogP contribution < -0.4 is 5.32 Å². The smallest absolute Gasteiger partial charge is 0.227 e. The molecule has 1 aromatic rings. The molecule has 0 radical (unpaired) electrons. The molecule has 2 rings (SSSR count). The maximum Gasteiger partial charge on any atom is 0.227 e. The van der Waals surface area contributed by atoms with Crippen LogP contribution in [0.5, 0.6) is 0 Å². The molecule has 1 N–H and O–H groups in total. The number of rotatable bonds is 4. The minimum absolute atomic E-state index is 0.137. The van der Waals surface area contributed by atoms with Gasteiger partial charge >= 0.3 is 0 Å². The van der Waals surface area contributed by atoms with Gasteiger partial charge in [0.05, 0.1) is 25.7 Å². The first-order chi connectivity index (χ1) is 8.81. The van der Waals surface area contributed by atoms with E-state index in [-0.39, 0.29) is 11.9 Å². The van der Waals surface area contributed by atoms with Crippen LogP contribution in [0.1, 0.15) is 5.56 Å². The molecule has 0 aliphatic carbocycles. The van der Waals surface area contributed by atoms with Crippen LogP contribution in [0.25, 0.3) is 0 Å². The van der Waals surface area contributed by atoms with E-state index in [4.69, 9.17) is 4.74 Å². The zero-order chi connectivity index (χ0) is 12.8. The average molecular weight is 249 g/mol. The molecule has 0 bridgehead atoms. The summed E-state index contributed by atoms with van der Waals surface area (Å²) < 4.78 is 5.42. The van der Waals surface area contributed by atoms with Crippen molar-refractivity contribution >= 4 is 5.91 Å². The lowest BCUT2D eigenvalue weighted by Gasteiger charge is -2.35. The maximum absolute atomic E-state index is 12.3. The number of nitrogens with zero attached hydrogens (tertiary/aromatic N) is 2. The van der Waals surface area contributed by atoms with Crippen LogP contribution in [0.4, 0.5) is 0 Å². The summed E-state index contributed by atoms with van der Waals surface area (Å²) in [6, 6.07) is 3.90. The molecule has 0 aromatic carbocycles. The third kappa shape index (κ3) is 3.27. The van der Waals surface area contributed by atoms with Crippen molar-refractivity contribution in [1.82, 2.24) is 15.2 Å². The number of hydrogen-bond donors (Lipinski definition) is 1. The molecule has 98 valence electrons. The van der Waals surface area contributed by atoms with Gasteiger partial charge in [-0.25, -0.2) is 0 Å².